The predicted octanol–water partition coefficient (Wildman–Crippen LogP) is 4.52. The van der Waals surface area contributed by atoms with Crippen molar-refractivity contribution in [2.24, 2.45) is 0 Å². The van der Waals surface area contributed by atoms with Crippen LogP contribution in [0.4, 0.5) is 4.39 Å². The maximum atomic E-state index is 14.1. The number of benzene rings is 3. The van der Waals surface area contributed by atoms with Gasteiger partial charge < -0.3 is 9.80 Å². The van der Waals surface area contributed by atoms with Gasteiger partial charge in [0.25, 0.3) is 11.8 Å². The van der Waals surface area contributed by atoms with Gasteiger partial charge in [-0.15, -0.1) is 0 Å². The average Bonchev–Trinajstić information content (AvgIpc) is 3.09. The Balaban J connectivity index is 1.43. The van der Waals surface area contributed by atoms with Crippen LogP contribution in [0.5, 0.6) is 0 Å². The van der Waals surface area contributed by atoms with Gasteiger partial charge in [0.1, 0.15) is 5.82 Å². The number of fused-ring (bicyclic) bond motifs is 3. The molecule has 2 amide bonds. The van der Waals surface area contributed by atoms with Crippen molar-refractivity contribution in [1.82, 2.24) is 14.8 Å². The van der Waals surface area contributed by atoms with E-state index in [1.54, 1.807) is 28.1 Å². The Morgan fingerprint density at radius 3 is 2.19 bits per heavy atom. The van der Waals surface area contributed by atoms with Crippen molar-refractivity contribution >= 4 is 33.5 Å². The third kappa shape index (κ3) is 3.58. The fourth-order valence-electron chi connectivity index (χ4n) is 4.39. The summed E-state index contributed by atoms with van der Waals surface area (Å²) in [5.74, 6) is -0.960. The van der Waals surface area contributed by atoms with Crippen LogP contribution in [-0.4, -0.2) is 52.8 Å². The average molecular weight is 427 g/mol. The third-order valence-electron chi connectivity index (χ3n) is 6.02. The number of hydrogen-bond donors (Lipinski definition) is 0. The minimum Gasteiger partial charge on any atom is -0.337 e. The first-order chi connectivity index (χ1) is 15.6. The topological polar surface area (TPSA) is 53.5 Å². The zero-order valence-electron chi connectivity index (χ0n) is 17.5. The highest BCUT2D eigenvalue weighted by Gasteiger charge is 2.26. The summed E-state index contributed by atoms with van der Waals surface area (Å²) in [5.41, 5.74) is 1.31. The number of pyridine rings is 1. The summed E-state index contributed by atoms with van der Waals surface area (Å²) in [6, 6.07) is 19.7. The highest BCUT2D eigenvalue weighted by molar-refractivity contribution is 6.15. The van der Waals surface area contributed by atoms with Crippen molar-refractivity contribution < 1.29 is 14.0 Å². The number of carbonyl (C=O) groups excluding carboxylic acids is 2. The normalized spacial score (nSPS) is 14.5. The summed E-state index contributed by atoms with van der Waals surface area (Å²) >= 11 is 0. The fourth-order valence-corrected chi connectivity index (χ4v) is 4.39. The first kappa shape index (κ1) is 20.1. The van der Waals surface area contributed by atoms with Crippen LogP contribution in [-0.2, 0) is 0 Å². The summed E-state index contributed by atoms with van der Waals surface area (Å²) in [6.45, 7) is 1.76. The van der Waals surface area contributed by atoms with E-state index in [0.29, 0.717) is 43.7 Å². The van der Waals surface area contributed by atoms with Crippen molar-refractivity contribution in [3.63, 3.8) is 0 Å². The van der Waals surface area contributed by atoms with E-state index in [-0.39, 0.29) is 17.4 Å². The monoisotopic (exact) mass is 427 g/mol. The predicted molar refractivity (Wildman–Crippen MR) is 122 cm³/mol. The number of aromatic nitrogens is 1. The first-order valence-corrected chi connectivity index (χ1v) is 10.7. The van der Waals surface area contributed by atoms with Gasteiger partial charge in [-0.1, -0.05) is 42.5 Å². The van der Waals surface area contributed by atoms with E-state index in [9.17, 15) is 14.0 Å². The van der Waals surface area contributed by atoms with Crippen molar-refractivity contribution in [1.29, 1.82) is 0 Å². The van der Waals surface area contributed by atoms with E-state index in [1.165, 1.54) is 12.1 Å². The van der Waals surface area contributed by atoms with Crippen LogP contribution in [0, 0.1) is 5.82 Å². The lowest BCUT2D eigenvalue weighted by molar-refractivity contribution is 0.0717. The molecule has 0 radical (unpaired) electrons. The van der Waals surface area contributed by atoms with Gasteiger partial charge in [0.2, 0.25) is 0 Å². The molecule has 2 heterocycles. The van der Waals surface area contributed by atoms with Gasteiger partial charge in [-0.05, 0) is 41.5 Å². The smallest absolute Gasteiger partial charge is 0.256 e. The SMILES string of the molecule is O=C(c1ccccc1F)N1CCCN(C(=O)c2cc3ccccc3c3cccnc23)CC1. The van der Waals surface area contributed by atoms with E-state index < -0.39 is 5.82 Å². The lowest BCUT2D eigenvalue weighted by Gasteiger charge is -2.23. The highest BCUT2D eigenvalue weighted by Crippen LogP contribution is 2.28. The molecule has 0 N–H and O–H groups in total. The van der Waals surface area contributed by atoms with E-state index in [0.717, 1.165) is 16.2 Å². The molecular formula is C26H22FN3O2. The minimum absolute atomic E-state index is 0.0667. The maximum absolute atomic E-state index is 14.1. The molecular weight excluding hydrogens is 405 g/mol. The van der Waals surface area contributed by atoms with E-state index in [1.807, 2.05) is 42.5 Å². The zero-order valence-corrected chi connectivity index (χ0v) is 17.5. The Kier molecular flexibility index (Phi) is 5.27. The molecule has 6 heteroatoms. The molecule has 1 aromatic heterocycles. The largest absolute Gasteiger partial charge is 0.337 e. The number of amides is 2. The van der Waals surface area contributed by atoms with E-state index in [4.69, 9.17) is 0 Å². The molecule has 0 atom stereocenters. The Morgan fingerprint density at radius 2 is 1.41 bits per heavy atom. The summed E-state index contributed by atoms with van der Waals surface area (Å²) in [4.78, 5) is 34.3. The van der Waals surface area contributed by atoms with Gasteiger partial charge in [0, 0.05) is 37.8 Å². The van der Waals surface area contributed by atoms with Crippen LogP contribution >= 0.6 is 0 Å². The molecule has 5 nitrogen and oxygen atoms in total. The van der Waals surface area contributed by atoms with Crippen LogP contribution in [0.15, 0.2) is 72.9 Å². The number of hydrogen-bond acceptors (Lipinski definition) is 3. The summed E-state index contributed by atoms with van der Waals surface area (Å²) in [6.07, 6.45) is 2.33. The van der Waals surface area contributed by atoms with Crippen LogP contribution in [0.1, 0.15) is 27.1 Å². The van der Waals surface area contributed by atoms with Crippen LogP contribution in [0.2, 0.25) is 0 Å². The molecule has 4 aromatic rings. The number of nitrogens with zero attached hydrogens (tertiary/aromatic N) is 3. The molecule has 0 bridgehead atoms. The quantitative estimate of drug-likeness (QED) is 0.442. The van der Waals surface area contributed by atoms with Crippen molar-refractivity contribution in [2.45, 2.75) is 6.42 Å². The molecule has 32 heavy (non-hydrogen) atoms. The van der Waals surface area contributed by atoms with Gasteiger partial charge in [-0.25, -0.2) is 4.39 Å². The number of rotatable bonds is 2. The molecule has 0 aliphatic carbocycles. The van der Waals surface area contributed by atoms with E-state index >= 15 is 0 Å². The lowest BCUT2D eigenvalue weighted by Crippen LogP contribution is -2.37. The Bertz CT molecular complexity index is 1340. The summed E-state index contributed by atoms with van der Waals surface area (Å²) in [7, 11) is 0. The highest BCUT2D eigenvalue weighted by atomic mass is 19.1. The zero-order chi connectivity index (χ0) is 22.1. The second-order valence-corrected chi connectivity index (χ2v) is 7.96. The molecule has 1 fully saturated rings. The lowest BCUT2D eigenvalue weighted by atomic mass is 10.00. The first-order valence-electron chi connectivity index (χ1n) is 10.7. The van der Waals surface area contributed by atoms with Gasteiger partial charge in [0.15, 0.2) is 0 Å². The standard InChI is InChI=1S/C26H22FN3O2/c27-23-11-4-3-9-21(23)25(31)29-13-6-14-30(16-15-29)26(32)22-17-18-7-1-2-8-19(18)20-10-5-12-28-24(20)22/h1-5,7-12,17H,6,13-16H2. The van der Waals surface area contributed by atoms with Crippen LogP contribution < -0.4 is 0 Å². The molecule has 1 saturated heterocycles. The van der Waals surface area contributed by atoms with Gasteiger partial charge in [0.05, 0.1) is 16.6 Å². The molecule has 5 rings (SSSR count). The fraction of sp³-hybridized carbons (Fsp3) is 0.192. The number of carbonyl (C=O) groups is 2. The summed E-state index contributed by atoms with van der Waals surface area (Å²) < 4.78 is 14.1. The van der Waals surface area contributed by atoms with Crippen molar-refractivity contribution in [3.05, 3.63) is 89.9 Å². The molecule has 0 saturated carbocycles. The van der Waals surface area contributed by atoms with Crippen molar-refractivity contribution in [3.8, 4) is 0 Å². The molecule has 1 aliphatic rings. The Morgan fingerprint density at radius 1 is 0.750 bits per heavy atom. The second kappa shape index (κ2) is 8.38. The maximum Gasteiger partial charge on any atom is 0.256 e. The van der Waals surface area contributed by atoms with Crippen LogP contribution in [0.3, 0.4) is 0 Å². The molecule has 0 spiro atoms. The van der Waals surface area contributed by atoms with Crippen LogP contribution in [0.25, 0.3) is 21.7 Å². The molecule has 1 aliphatic heterocycles. The minimum atomic E-state index is -0.525. The summed E-state index contributed by atoms with van der Waals surface area (Å²) in [5, 5.41) is 2.99. The van der Waals surface area contributed by atoms with E-state index in [2.05, 4.69) is 4.98 Å². The molecule has 3 aromatic carbocycles. The second-order valence-electron chi connectivity index (χ2n) is 7.96. The molecule has 160 valence electrons. The van der Waals surface area contributed by atoms with Gasteiger partial charge in [-0.3, -0.25) is 14.6 Å². The molecule has 0 unspecified atom stereocenters. The van der Waals surface area contributed by atoms with Gasteiger partial charge >= 0.3 is 0 Å². The van der Waals surface area contributed by atoms with Crippen molar-refractivity contribution in [2.75, 3.05) is 26.2 Å². The Labute approximate surface area is 185 Å². The Hall–Kier alpha value is -3.80. The van der Waals surface area contributed by atoms with Gasteiger partial charge in [-0.2, -0.15) is 0 Å². The third-order valence-corrected chi connectivity index (χ3v) is 6.02. The number of halogens is 1.